The van der Waals surface area contributed by atoms with Gasteiger partial charge < -0.3 is 9.47 Å². The van der Waals surface area contributed by atoms with Crippen molar-refractivity contribution in [2.45, 2.75) is 6.92 Å². The first kappa shape index (κ1) is 16.2. The maximum Gasteiger partial charge on any atom is 0.216 e. The number of H-pyrrole nitrogens is 1. The molecule has 1 aromatic carbocycles. The number of ether oxygens (including phenoxy) is 2. The van der Waals surface area contributed by atoms with Crippen molar-refractivity contribution in [1.82, 2.24) is 14.9 Å². The summed E-state index contributed by atoms with van der Waals surface area (Å²) >= 11 is 8.47. The maximum atomic E-state index is 8.60. The molecule has 9 heteroatoms. The van der Waals surface area contributed by atoms with Crippen molar-refractivity contribution in [1.29, 1.82) is 5.26 Å². The van der Waals surface area contributed by atoms with Gasteiger partial charge in [-0.15, -0.1) is 0 Å². The van der Waals surface area contributed by atoms with Crippen molar-refractivity contribution in [3.63, 3.8) is 0 Å². The standard InChI is InChI=1S/C13H12BrN5O2S/c1-8-17-18-13(22)19(8)16-7-9-5-10(14)12(21-4-3-15)11(6-9)20-2/h5-7H,4H2,1-2H3,(H,18,22)/b16-7-. The zero-order chi connectivity index (χ0) is 16.1. The fourth-order valence-corrected chi connectivity index (χ4v) is 2.49. The smallest absolute Gasteiger partial charge is 0.216 e. The first-order chi connectivity index (χ1) is 10.6. The van der Waals surface area contributed by atoms with Crippen LogP contribution in [0, 0.1) is 23.0 Å². The molecule has 0 fully saturated rings. The Balaban J connectivity index is 2.35. The van der Waals surface area contributed by atoms with Gasteiger partial charge in [-0.3, -0.25) is 5.10 Å². The lowest BCUT2D eigenvalue weighted by Crippen LogP contribution is -1.99. The molecule has 0 aliphatic heterocycles. The third-order valence-corrected chi connectivity index (χ3v) is 3.52. The van der Waals surface area contributed by atoms with E-state index >= 15 is 0 Å². The molecule has 0 spiro atoms. The van der Waals surface area contributed by atoms with Gasteiger partial charge in [0, 0.05) is 0 Å². The molecule has 0 saturated carbocycles. The molecule has 0 amide bonds. The van der Waals surface area contributed by atoms with Gasteiger partial charge in [-0.2, -0.15) is 20.1 Å². The van der Waals surface area contributed by atoms with Crippen LogP contribution < -0.4 is 9.47 Å². The van der Waals surface area contributed by atoms with Gasteiger partial charge >= 0.3 is 0 Å². The minimum atomic E-state index is -0.0637. The first-order valence-electron chi connectivity index (χ1n) is 6.12. The number of methoxy groups -OCH3 is 1. The van der Waals surface area contributed by atoms with Crippen molar-refractivity contribution in [2.75, 3.05) is 13.7 Å². The Labute approximate surface area is 140 Å². The lowest BCUT2D eigenvalue weighted by molar-refractivity contribution is 0.327. The van der Waals surface area contributed by atoms with Crippen molar-refractivity contribution >= 4 is 34.4 Å². The van der Waals surface area contributed by atoms with Gasteiger partial charge in [0.2, 0.25) is 4.77 Å². The lowest BCUT2D eigenvalue weighted by atomic mass is 10.2. The number of halogens is 1. The van der Waals surface area contributed by atoms with Crippen molar-refractivity contribution in [3.05, 3.63) is 32.8 Å². The van der Waals surface area contributed by atoms with Crippen LogP contribution in [0.3, 0.4) is 0 Å². The van der Waals surface area contributed by atoms with Crippen LogP contribution in [0.15, 0.2) is 21.7 Å². The quantitative estimate of drug-likeness (QED) is 0.635. The maximum absolute atomic E-state index is 8.60. The van der Waals surface area contributed by atoms with Crippen LogP contribution in [-0.4, -0.2) is 34.8 Å². The predicted molar refractivity (Wildman–Crippen MR) is 86.9 cm³/mol. The number of nitrogens with one attached hydrogen (secondary N) is 1. The molecule has 0 aliphatic carbocycles. The third-order valence-electron chi connectivity index (χ3n) is 2.67. The summed E-state index contributed by atoms with van der Waals surface area (Å²) in [5, 5.41) is 19.5. The largest absolute Gasteiger partial charge is 0.493 e. The molecular weight excluding hydrogens is 370 g/mol. The summed E-state index contributed by atoms with van der Waals surface area (Å²) in [5.41, 5.74) is 0.774. The average Bonchev–Trinajstić information content (AvgIpc) is 2.82. The molecule has 0 saturated heterocycles. The highest BCUT2D eigenvalue weighted by atomic mass is 79.9. The lowest BCUT2D eigenvalue weighted by Gasteiger charge is -2.11. The molecule has 1 heterocycles. The summed E-state index contributed by atoms with van der Waals surface area (Å²) in [4.78, 5) is 0. The molecule has 0 unspecified atom stereocenters. The van der Waals surface area contributed by atoms with E-state index in [0.717, 1.165) is 5.56 Å². The fraction of sp³-hybridized carbons (Fsp3) is 0.231. The molecule has 0 radical (unpaired) electrons. The van der Waals surface area contributed by atoms with Gasteiger partial charge in [-0.05, 0) is 52.8 Å². The van der Waals surface area contributed by atoms with Crippen LogP contribution >= 0.6 is 28.1 Å². The van der Waals surface area contributed by atoms with E-state index in [1.54, 1.807) is 25.3 Å². The molecule has 7 nitrogen and oxygen atoms in total. The number of hydrogen-bond acceptors (Lipinski definition) is 6. The molecule has 1 N–H and O–H groups in total. The monoisotopic (exact) mass is 381 g/mol. The van der Waals surface area contributed by atoms with E-state index in [2.05, 4.69) is 31.2 Å². The molecular formula is C13H12BrN5O2S. The van der Waals surface area contributed by atoms with Crippen LogP contribution in [0.4, 0.5) is 0 Å². The highest BCUT2D eigenvalue weighted by Gasteiger charge is 2.11. The molecule has 2 rings (SSSR count). The highest BCUT2D eigenvalue weighted by Crippen LogP contribution is 2.36. The van der Waals surface area contributed by atoms with E-state index in [1.807, 2.05) is 6.07 Å². The number of aromatic amines is 1. The number of rotatable bonds is 5. The van der Waals surface area contributed by atoms with E-state index in [0.29, 0.717) is 26.6 Å². The molecule has 0 atom stereocenters. The zero-order valence-electron chi connectivity index (χ0n) is 11.8. The SMILES string of the molecule is COc1cc(/C=N\n2c(C)n[nH]c2=S)cc(Br)c1OCC#N. The van der Waals surface area contributed by atoms with E-state index in [-0.39, 0.29) is 6.61 Å². The van der Waals surface area contributed by atoms with Gasteiger partial charge in [-0.1, -0.05) is 0 Å². The molecule has 2 aromatic rings. The van der Waals surface area contributed by atoms with Crippen LogP contribution in [0.5, 0.6) is 11.5 Å². The summed E-state index contributed by atoms with van der Waals surface area (Å²) in [7, 11) is 1.53. The molecule has 22 heavy (non-hydrogen) atoms. The summed E-state index contributed by atoms with van der Waals surface area (Å²) in [6, 6.07) is 5.47. The van der Waals surface area contributed by atoms with Gasteiger partial charge in [-0.25, -0.2) is 0 Å². The number of hydrogen-bond donors (Lipinski definition) is 1. The Morgan fingerprint density at radius 1 is 1.59 bits per heavy atom. The molecule has 0 bridgehead atoms. The first-order valence-corrected chi connectivity index (χ1v) is 7.32. The number of nitrogens with zero attached hydrogens (tertiary/aromatic N) is 4. The van der Waals surface area contributed by atoms with Crippen LogP contribution in [0.1, 0.15) is 11.4 Å². The van der Waals surface area contributed by atoms with E-state index < -0.39 is 0 Å². The Morgan fingerprint density at radius 3 is 2.95 bits per heavy atom. The zero-order valence-corrected chi connectivity index (χ0v) is 14.2. The van der Waals surface area contributed by atoms with Gasteiger partial charge in [0.25, 0.3) is 0 Å². The molecule has 1 aromatic heterocycles. The normalized spacial score (nSPS) is 10.6. The second kappa shape index (κ2) is 7.20. The Bertz CT molecular complexity index is 806. The number of benzene rings is 1. The minimum Gasteiger partial charge on any atom is -0.493 e. The van der Waals surface area contributed by atoms with E-state index in [9.17, 15) is 0 Å². The van der Waals surface area contributed by atoms with Crippen LogP contribution in [0.25, 0.3) is 0 Å². The third kappa shape index (κ3) is 3.52. The average molecular weight is 382 g/mol. The predicted octanol–water partition coefficient (Wildman–Crippen LogP) is 2.80. The van der Waals surface area contributed by atoms with Gasteiger partial charge in [0.1, 0.15) is 11.9 Å². The van der Waals surface area contributed by atoms with Crippen LogP contribution in [0.2, 0.25) is 0 Å². The second-order valence-corrected chi connectivity index (χ2v) is 5.35. The Morgan fingerprint density at radius 2 is 2.36 bits per heavy atom. The summed E-state index contributed by atoms with van der Waals surface area (Å²) in [6.07, 6.45) is 1.62. The second-order valence-electron chi connectivity index (χ2n) is 4.11. The summed E-state index contributed by atoms with van der Waals surface area (Å²) < 4.78 is 13.2. The Kier molecular flexibility index (Phi) is 5.30. The summed E-state index contributed by atoms with van der Waals surface area (Å²) in [5.74, 6) is 1.62. The van der Waals surface area contributed by atoms with Crippen molar-refractivity contribution in [3.8, 4) is 17.6 Å². The number of nitriles is 1. The number of aryl methyl sites for hydroxylation is 1. The highest BCUT2D eigenvalue weighted by molar-refractivity contribution is 9.10. The molecule has 114 valence electrons. The van der Waals surface area contributed by atoms with Crippen LogP contribution in [-0.2, 0) is 0 Å². The van der Waals surface area contributed by atoms with Gasteiger partial charge in [0.05, 0.1) is 17.8 Å². The minimum absolute atomic E-state index is 0.0637. The topological polar surface area (TPSA) is 88.2 Å². The number of aromatic nitrogens is 3. The fourth-order valence-electron chi connectivity index (χ4n) is 1.69. The van der Waals surface area contributed by atoms with E-state index in [1.165, 1.54) is 11.8 Å². The van der Waals surface area contributed by atoms with E-state index in [4.69, 9.17) is 27.0 Å². The summed E-state index contributed by atoms with van der Waals surface area (Å²) in [6.45, 7) is 1.73. The Hall–Kier alpha value is -2.18. The van der Waals surface area contributed by atoms with Gasteiger partial charge in [0.15, 0.2) is 18.1 Å². The molecule has 0 aliphatic rings. The van der Waals surface area contributed by atoms with Crippen molar-refractivity contribution in [2.24, 2.45) is 5.10 Å². The van der Waals surface area contributed by atoms with Crippen molar-refractivity contribution < 1.29 is 9.47 Å².